The summed E-state index contributed by atoms with van der Waals surface area (Å²) >= 11 is 1.72. The Labute approximate surface area is 169 Å². The van der Waals surface area contributed by atoms with Crippen LogP contribution in [0.4, 0.5) is 0 Å². The normalized spacial score (nSPS) is 11.4. The van der Waals surface area contributed by atoms with Crippen molar-refractivity contribution in [2.75, 3.05) is 20.6 Å². The van der Waals surface area contributed by atoms with Gasteiger partial charge in [-0.25, -0.2) is 0 Å². The van der Waals surface area contributed by atoms with Crippen LogP contribution in [-0.4, -0.2) is 46.1 Å². The third-order valence-electron chi connectivity index (χ3n) is 3.82. The van der Waals surface area contributed by atoms with Crippen LogP contribution in [0.25, 0.3) is 5.65 Å². The van der Waals surface area contributed by atoms with Gasteiger partial charge in [0, 0.05) is 39.8 Å². The summed E-state index contributed by atoms with van der Waals surface area (Å²) < 4.78 is 2.04. The van der Waals surface area contributed by atoms with Gasteiger partial charge in [-0.15, -0.1) is 34.2 Å². The van der Waals surface area contributed by atoms with E-state index in [1.54, 1.807) is 11.3 Å². The number of aliphatic imine (C=N–C) groups is 1. The van der Waals surface area contributed by atoms with Crippen molar-refractivity contribution >= 4 is 46.9 Å². The monoisotopic (exact) mass is 470 g/mol. The summed E-state index contributed by atoms with van der Waals surface area (Å²) in [5.74, 6) is 1.90. The molecule has 6 nitrogen and oxygen atoms in total. The molecular weight excluding hydrogens is 447 g/mol. The first-order valence-electron chi connectivity index (χ1n) is 7.99. The average Bonchev–Trinajstić information content (AvgIpc) is 3.25. The molecule has 3 aromatic rings. The summed E-state index contributed by atoms with van der Waals surface area (Å²) in [6.45, 7) is 1.71. The minimum atomic E-state index is 0. The van der Waals surface area contributed by atoms with Gasteiger partial charge in [-0.3, -0.25) is 9.39 Å². The van der Waals surface area contributed by atoms with Crippen molar-refractivity contribution in [3.05, 3.63) is 52.6 Å². The average molecular weight is 470 g/mol. The Morgan fingerprint density at radius 2 is 2.20 bits per heavy atom. The number of aryl methyl sites for hydroxylation is 1. The number of rotatable bonds is 6. The zero-order chi connectivity index (χ0) is 16.8. The van der Waals surface area contributed by atoms with Crippen molar-refractivity contribution in [1.29, 1.82) is 0 Å². The van der Waals surface area contributed by atoms with Crippen LogP contribution in [0.2, 0.25) is 0 Å². The fourth-order valence-corrected chi connectivity index (χ4v) is 3.28. The maximum Gasteiger partial charge on any atom is 0.193 e. The zero-order valence-electron chi connectivity index (χ0n) is 14.4. The van der Waals surface area contributed by atoms with E-state index in [0.29, 0.717) is 0 Å². The quantitative estimate of drug-likeness (QED) is 0.261. The number of nitrogens with one attached hydrogen (secondary N) is 1. The Kier molecular flexibility index (Phi) is 7.63. The van der Waals surface area contributed by atoms with E-state index in [9.17, 15) is 0 Å². The molecule has 0 aromatic carbocycles. The Bertz CT molecular complexity index is 798. The maximum absolute atomic E-state index is 4.35. The minimum absolute atomic E-state index is 0. The molecule has 25 heavy (non-hydrogen) atoms. The molecule has 3 aromatic heterocycles. The van der Waals surface area contributed by atoms with E-state index in [0.717, 1.165) is 43.4 Å². The lowest BCUT2D eigenvalue weighted by molar-refractivity contribution is 0.476. The molecule has 0 aliphatic carbocycles. The number of pyridine rings is 1. The number of hydrogen-bond acceptors (Lipinski definition) is 4. The van der Waals surface area contributed by atoms with Gasteiger partial charge in [0.25, 0.3) is 0 Å². The predicted octanol–water partition coefficient (Wildman–Crippen LogP) is 3.05. The number of fused-ring (bicyclic) bond motifs is 1. The predicted molar refractivity (Wildman–Crippen MR) is 114 cm³/mol. The second-order valence-corrected chi connectivity index (χ2v) is 6.39. The van der Waals surface area contributed by atoms with E-state index >= 15 is 0 Å². The molecule has 0 aliphatic rings. The molecule has 3 heterocycles. The van der Waals surface area contributed by atoms with Gasteiger partial charge < -0.3 is 10.2 Å². The first-order chi connectivity index (χ1) is 11.8. The molecule has 134 valence electrons. The molecule has 0 saturated carbocycles. The molecule has 0 radical (unpaired) electrons. The van der Waals surface area contributed by atoms with Gasteiger partial charge in [0.2, 0.25) is 0 Å². The van der Waals surface area contributed by atoms with Gasteiger partial charge in [-0.1, -0.05) is 6.07 Å². The Balaban J connectivity index is 0.00000225. The summed E-state index contributed by atoms with van der Waals surface area (Å²) in [5, 5.41) is 16.1. The summed E-state index contributed by atoms with van der Waals surface area (Å²) in [7, 11) is 3.87. The highest BCUT2D eigenvalue weighted by atomic mass is 127. The third kappa shape index (κ3) is 5.15. The molecule has 0 bridgehead atoms. The van der Waals surface area contributed by atoms with E-state index in [4.69, 9.17) is 0 Å². The standard InChI is InChI=1S/C17H22N6S.HI/c1-18-17(22(2)12-14-8-11-24-13-14)19-9-5-7-16-21-20-15-6-3-4-10-23(15)16;/h3-4,6,8,10-11,13H,5,7,9,12H2,1-2H3,(H,18,19);1H. The van der Waals surface area contributed by atoms with Crippen LogP contribution in [0.15, 0.2) is 46.2 Å². The largest absolute Gasteiger partial charge is 0.356 e. The number of halogens is 1. The van der Waals surface area contributed by atoms with Crippen LogP contribution in [0.1, 0.15) is 17.8 Å². The van der Waals surface area contributed by atoms with Gasteiger partial charge in [0.15, 0.2) is 11.6 Å². The molecular formula is C17H23IN6S. The van der Waals surface area contributed by atoms with Gasteiger partial charge in [0.1, 0.15) is 5.82 Å². The first kappa shape index (κ1) is 19.6. The molecule has 0 amide bonds. The Morgan fingerprint density at radius 1 is 1.32 bits per heavy atom. The molecule has 0 atom stereocenters. The van der Waals surface area contributed by atoms with Crippen molar-refractivity contribution in [2.45, 2.75) is 19.4 Å². The van der Waals surface area contributed by atoms with E-state index in [1.165, 1.54) is 5.56 Å². The van der Waals surface area contributed by atoms with Crippen molar-refractivity contribution in [1.82, 2.24) is 24.8 Å². The van der Waals surface area contributed by atoms with Crippen molar-refractivity contribution in [3.63, 3.8) is 0 Å². The maximum atomic E-state index is 4.35. The number of nitrogens with zero attached hydrogens (tertiary/aromatic N) is 5. The molecule has 0 unspecified atom stereocenters. The second-order valence-electron chi connectivity index (χ2n) is 5.61. The van der Waals surface area contributed by atoms with Crippen molar-refractivity contribution in [2.24, 2.45) is 4.99 Å². The highest BCUT2D eigenvalue weighted by Gasteiger charge is 2.08. The fraction of sp³-hybridized carbons (Fsp3) is 0.353. The van der Waals surface area contributed by atoms with Crippen molar-refractivity contribution in [3.8, 4) is 0 Å². The van der Waals surface area contributed by atoms with Gasteiger partial charge >= 0.3 is 0 Å². The lowest BCUT2D eigenvalue weighted by atomic mass is 10.3. The lowest BCUT2D eigenvalue weighted by Crippen LogP contribution is -2.38. The molecule has 0 fully saturated rings. The highest BCUT2D eigenvalue weighted by molar-refractivity contribution is 14.0. The molecule has 1 N–H and O–H groups in total. The van der Waals surface area contributed by atoms with Crippen LogP contribution in [0.3, 0.4) is 0 Å². The zero-order valence-corrected chi connectivity index (χ0v) is 17.6. The third-order valence-corrected chi connectivity index (χ3v) is 4.55. The summed E-state index contributed by atoms with van der Waals surface area (Å²) in [6.07, 6.45) is 3.86. The Morgan fingerprint density at radius 3 is 2.96 bits per heavy atom. The smallest absolute Gasteiger partial charge is 0.193 e. The van der Waals surface area contributed by atoms with Crippen LogP contribution >= 0.6 is 35.3 Å². The Hall–Kier alpha value is -1.68. The van der Waals surface area contributed by atoms with Crippen LogP contribution < -0.4 is 5.32 Å². The molecule has 0 saturated heterocycles. The van der Waals surface area contributed by atoms with E-state index in [1.807, 2.05) is 35.8 Å². The topological polar surface area (TPSA) is 57.8 Å². The number of thiophene rings is 1. The second kappa shape index (κ2) is 9.71. The van der Waals surface area contributed by atoms with E-state index in [-0.39, 0.29) is 24.0 Å². The van der Waals surface area contributed by atoms with E-state index < -0.39 is 0 Å². The lowest BCUT2D eigenvalue weighted by Gasteiger charge is -2.21. The number of aromatic nitrogens is 3. The van der Waals surface area contributed by atoms with Crippen LogP contribution in [0.5, 0.6) is 0 Å². The summed E-state index contributed by atoms with van der Waals surface area (Å²) in [6, 6.07) is 8.09. The SMILES string of the molecule is CN=C(NCCCc1nnc2ccccn12)N(C)Cc1ccsc1.I. The molecule has 8 heteroatoms. The fourth-order valence-electron chi connectivity index (χ4n) is 2.62. The summed E-state index contributed by atoms with van der Waals surface area (Å²) in [5.41, 5.74) is 2.20. The molecule has 0 aliphatic heterocycles. The first-order valence-corrected chi connectivity index (χ1v) is 8.93. The van der Waals surface area contributed by atoms with Gasteiger partial charge in [0.05, 0.1) is 0 Å². The highest BCUT2D eigenvalue weighted by Crippen LogP contribution is 2.08. The van der Waals surface area contributed by atoms with Gasteiger partial charge in [-0.05, 0) is 40.9 Å². The minimum Gasteiger partial charge on any atom is -0.356 e. The summed E-state index contributed by atoms with van der Waals surface area (Å²) in [4.78, 5) is 6.49. The van der Waals surface area contributed by atoms with Crippen LogP contribution in [0, 0.1) is 0 Å². The number of guanidine groups is 1. The van der Waals surface area contributed by atoms with Crippen molar-refractivity contribution < 1.29 is 0 Å². The molecule has 0 spiro atoms. The number of hydrogen-bond donors (Lipinski definition) is 1. The van der Waals surface area contributed by atoms with Crippen LogP contribution in [-0.2, 0) is 13.0 Å². The van der Waals surface area contributed by atoms with Gasteiger partial charge in [-0.2, -0.15) is 11.3 Å². The molecule has 3 rings (SSSR count). The van der Waals surface area contributed by atoms with E-state index in [2.05, 4.69) is 49.3 Å².